The normalized spacial score (nSPS) is 13.7. The lowest BCUT2D eigenvalue weighted by molar-refractivity contribution is -0.138. The topological polar surface area (TPSA) is 99.4 Å². The number of halogens is 4. The van der Waals surface area contributed by atoms with Crippen molar-refractivity contribution in [2.45, 2.75) is 70.9 Å². The Morgan fingerprint density at radius 1 is 1.15 bits per heavy atom. The van der Waals surface area contributed by atoms with Crippen molar-refractivity contribution < 1.29 is 28.2 Å². The summed E-state index contributed by atoms with van der Waals surface area (Å²) in [7, 11) is 0. The van der Waals surface area contributed by atoms with Gasteiger partial charge >= 0.3 is 6.18 Å². The van der Waals surface area contributed by atoms with E-state index < -0.39 is 29.8 Å². The Labute approximate surface area is 231 Å². The molecule has 0 saturated carbocycles. The Kier molecular flexibility index (Phi) is 9.69. The SMILES string of the molecule is CCn1cc(-c2ccc(C[C@@H](CCO)NC(=O)c3ccc(N[C@@H](C)C(F)(F)F)c(Cl)c3)cc2)nc1C(C)(C)O. The summed E-state index contributed by atoms with van der Waals surface area (Å²) in [6.07, 6.45) is -1.79. The van der Waals surface area contributed by atoms with Gasteiger partial charge in [0.15, 0.2) is 0 Å². The summed E-state index contributed by atoms with van der Waals surface area (Å²) < 4.78 is 40.5. The molecule has 0 unspecified atom stereocenters. The van der Waals surface area contributed by atoms with Crippen LogP contribution in [-0.4, -0.2) is 50.5 Å². The number of nitrogens with zero attached hydrogens (tertiary/aromatic N) is 2. The third kappa shape index (κ3) is 7.97. The quantitative estimate of drug-likeness (QED) is 0.244. The highest BCUT2D eigenvalue weighted by molar-refractivity contribution is 6.33. The number of aliphatic hydroxyl groups is 2. The van der Waals surface area contributed by atoms with E-state index in [1.807, 2.05) is 42.0 Å². The predicted molar refractivity (Wildman–Crippen MR) is 146 cm³/mol. The lowest BCUT2D eigenvalue weighted by Gasteiger charge is -2.20. The van der Waals surface area contributed by atoms with Gasteiger partial charge in [0.05, 0.1) is 16.4 Å². The van der Waals surface area contributed by atoms with Crippen LogP contribution in [-0.2, 0) is 18.6 Å². The lowest BCUT2D eigenvalue weighted by atomic mass is 10.0. The summed E-state index contributed by atoms with van der Waals surface area (Å²) in [5, 5.41) is 25.1. The average Bonchev–Trinajstić information content (AvgIpc) is 3.30. The molecule has 0 aliphatic rings. The second-order valence-corrected chi connectivity index (χ2v) is 10.4. The fourth-order valence-corrected chi connectivity index (χ4v) is 4.35. The maximum absolute atomic E-state index is 12.9. The number of nitrogens with one attached hydrogen (secondary N) is 2. The minimum absolute atomic E-state index is 0.00805. The first-order valence-corrected chi connectivity index (χ1v) is 13.0. The van der Waals surface area contributed by atoms with Gasteiger partial charge in [0.25, 0.3) is 5.91 Å². The zero-order valence-electron chi connectivity index (χ0n) is 22.3. The van der Waals surface area contributed by atoms with Crippen molar-refractivity contribution in [1.82, 2.24) is 14.9 Å². The highest BCUT2D eigenvalue weighted by Crippen LogP contribution is 2.29. The highest BCUT2D eigenvalue weighted by atomic mass is 35.5. The van der Waals surface area contributed by atoms with Crippen molar-refractivity contribution >= 4 is 23.2 Å². The van der Waals surface area contributed by atoms with Crippen LogP contribution in [0.4, 0.5) is 18.9 Å². The summed E-state index contributed by atoms with van der Waals surface area (Å²) in [5.41, 5.74) is 1.73. The molecule has 2 aromatic carbocycles. The molecule has 2 atom stereocenters. The van der Waals surface area contributed by atoms with Crippen LogP contribution in [0.3, 0.4) is 0 Å². The minimum atomic E-state index is -4.44. The third-order valence-corrected chi connectivity index (χ3v) is 6.62. The van der Waals surface area contributed by atoms with E-state index in [-0.39, 0.29) is 22.9 Å². The number of amides is 1. The predicted octanol–water partition coefficient (Wildman–Crippen LogP) is 5.54. The van der Waals surface area contributed by atoms with E-state index in [9.17, 15) is 28.2 Å². The monoisotopic (exact) mass is 566 g/mol. The van der Waals surface area contributed by atoms with E-state index in [1.54, 1.807) is 13.8 Å². The number of imidazole rings is 1. The van der Waals surface area contributed by atoms with Gasteiger partial charge in [0.2, 0.25) is 0 Å². The molecule has 3 rings (SSSR count). The van der Waals surface area contributed by atoms with Crippen LogP contribution in [0.1, 0.15) is 55.9 Å². The van der Waals surface area contributed by atoms with Gasteiger partial charge in [-0.3, -0.25) is 4.79 Å². The summed E-state index contributed by atoms with van der Waals surface area (Å²) in [6.45, 7) is 6.87. The van der Waals surface area contributed by atoms with Crippen molar-refractivity contribution in [3.8, 4) is 11.3 Å². The van der Waals surface area contributed by atoms with Gasteiger partial charge < -0.3 is 25.4 Å². The Bertz CT molecular complexity index is 1270. The summed E-state index contributed by atoms with van der Waals surface area (Å²) in [6, 6.07) is 9.51. The fraction of sp³-hybridized carbons (Fsp3) is 0.429. The number of anilines is 1. The van der Waals surface area contributed by atoms with Gasteiger partial charge in [0.1, 0.15) is 17.5 Å². The zero-order chi connectivity index (χ0) is 29.0. The molecule has 0 bridgehead atoms. The number of benzene rings is 2. The minimum Gasteiger partial charge on any atom is -0.396 e. The van der Waals surface area contributed by atoms with Crippen LogP contribution in [0.15, 0.2) is 48.7 Å². The molecule has 39 heavy (non-hydrogen) atoms. The van der Waals surface area contributed by atoms with E-state index in [1.165, 1.54) is 18.2 Å². The van der Waals surface area contributed by atoms with E-state index in [0.29, 0.717) is 25.2 Å². The van der Waals surface area contributed by atoms with Crippen LogP contribution in [0.5, 0.6) is 0 Å². The van der Waals surface area contributed by atoms with Gasteiger partial charge in [-0.15, -0.1) is 0 Å². The number of hydrogen-bond acceptors (Lipinski definition) is 5. The largest absolute Gasteiger partial charge is 0.408 e. The number of rotatable bonds is 11. The molecule has 3 aromatic rings. The molecule has 1 amide bonds. The Hall–Kier alpha value is -3.08. The number of aryl methyl sites for hydroxylation is 1. The van der Waals surface area contributed by atoms with Crippen molar-refractivity contribution in [2.24, 2.45) is 0 Å². The smallest absolute Gasteiger partial charge is 0.396 e. The number of aromatic nitrogens is 2. The first kappa shape index (κ1) is 30.5. The Morgan fingerprint density at radius 2 is 1.82 bits per heavy atom. The summed E-state index contributed by atoms with van der Waals surface area (Å²) in [5.74, 6) is 0.125. The van der Waals surface area contributed by atoms with Gasteiger partial charge in [-0.25, -0.2) is 4.98 Å². The molecule has 1 aromatic heterocycles. The number of alkyl halides is 3. The molecule has 0 saturated heterocycles. The summed E-state index contributed by atoms with van der Waals surface area (Å²) >= 11 is 6.14. The number of hydrogen-bond donors (Lipinski definition) is 4. The van der Waals surface area contributed by atoms with E-state index in [2.05, 4.69) is 15.6 Å². The van der Waals surface area contributed by atoms with Gasteiger partial charge in [-0.1, -0.05) is 35.9 Å². The molecule has 0 fully saturated rings. The maximum Gasteiger partial charge on any atom is 0.408 e. The third-order valence-electron chi connectivity index (χ3n) is 6.30. The fourth-order valence-electron chi connectivity index (χ4n) is 4.12. The van der Waals surface area contributed by atoms with E-state index in [4.69, 9.17) is 11.6 Å². The summed E-state index contributed by atoms with van der Waals surface area (Å²) in [4.78, 5) is 17.5. The molecule has 0 radical (unpaired) electrons. The standard InChI is InChI=1S/C28H34ClF3N4O3/c1-5-36-16-24(35-26(36)27(3,4)39)19-8-6-18(7-9-19)14-21(12-13-37)34-25(38)20-10-11-23(22(29)15-20)33-17(2)28(30,31)32/h6-11,15-17,21,33,37,39H,5,12-14H2,1-4H3,(H,34,38)/t17-,21+/m0/s1. The molecular weight excluding hydrogens is 533 g/mol. The molecule has 0 spiro atoms. The van der Waals surface area contributed by atoms with Crippen molar-refractivity contribution in [3.63, 3.8) is 0 Å². The molecule has 11 heteroatoms. The van der Waals surface area contributed by atoms with Crippen molar-refractivity contribution in [1.29, 1.82) is 0 Å². The second kappa shape index (κ2) is 12.4. The molecule has 1 heterocycles. The van der Waals surface area contributed by atoms with E-state index >= 15 is 0 Å². The number of carbonyl (C=O) groups excluding carboxylic acids is 1. The van der Waals surface area contributed by atoms with Gasteiger partial charge in [0, 0.05) is 36.5 Å². The molecule has 212 valence electrons. The Morgan fingerprint density at radius 3 is 2.33 bits per heavy atom. The van der Waals surface area contributed by atoms with Crippen LogP contribution in [0, 0.1) is 0 Å². The highest BCUT2D eigenvalue weighted by Gasteiger charge is 2.36. The average molecular weight is 567 g/mol. The molecule has 0 aliphatic carbocycles. The Balaban J connectivity index is 1.69. The van der Waals surface area contributed by atoms with Crippen LogP contribution >= 0.6 is 11.6 Å². The molecule has 0 aliphatic heterocycles. The number of carbonyl (C=O) groups is 1. The lowest BCUT2D eigenvalue weighted by Crippen LogP contribution is -2.37. The zero-order valence-corrected chi connectivity index (χ0v) is 23.1. The van der Waals surface area contributed by atoms with Crippen LogP contribution in [0.25, 0.3) is 11.3 Å². The number of aliphatic hydroxyl groups excluding tert-OH is 1. The molecule has 4 N–H and O–H groups in total. The van der Waals surface area contributed by atoms with Crippen LogP contribution in [0.2, 0.25) is 5.02 Å². The second-order valence-electron chi connectivity index (χ2n) is 9.98. The molecular formula is C28H34ClF3N4O3. The molecule has 7 nitrogen and oxygen atoms in total. The van der Waals surface area contributed by atoms with Crippen LogP contribution < -0.4 is 10.6 Å². The first-order chi connectivity index (χ1) is 18.2. The van der Waals surface area contributed by atoms with Crippen molar-refractivity contribution in [2.75, 3.05) is 11.9 Å². The van der Waals surface area contributed by atoms with Gasteiger partial charge in [-0.05, 0) is 64.3 Å². The van der Waals surface area contributed by atoms with Crippen molar-refractivity contribution in [3.05, 3.63) is 70.6 Å². The van der Waals surface area contributed by atoms with Gasteiger partial charge in [-0.2, -0.15) is 13.2 Å². The van der Waals surface area contributed by atoms with E-state index in [0.717, 1.165) is 23.7 Å². The first-order valence-electron chi connectivity index (χ1n) is 12.7. The maximum atomic E-state index is 12.9.